The first kappa shape index (κ1) is 13.2. The number of rotatable bonds is 7. The first-order valence-corrected chi connectivity index (χ1v) is 5.58. The van der Waals surface area contributed by atoms with Crippen LogP contribution in [0.5, 0.6) is 0 Å². The zero-order valence-corrected chi connectivity index (χ0v) is 10.2. The Hall–Kier alpha value is -0.840. The van der Waals surface area contributed by atoms with Crippen molar-refractivity contribution in [2.24, 2.45) is 5.92 Å². The summed E-state index contributed by atoms with van der Waals surface area (Å²) in [4.78, 5) is 0. The van der Waals surface area contributed by atoms with Crippen LogP contribution in [0.2, 0.25) is 0 Å². The van der Waals surface area contributed by atoms with E-state index in [2.05, 4.69) is 12.2 Å². The third-order valence-corrected chi connectivity index (χ3v) is 2.74. The summed E-state index contributed by atoms with van der Waals surface area (Å²) in [5, 5.41) is 12.3. The fourth-order valence-corrected chi connectivity index (χ4v) is 1.36. The van der Waals surface area contributed by atoms with Gasteiger partial charge in [0.05, 0.1) is 6.54 Å². The quantitative estimate of drug-likeness (QED) is 0.741. The van der Waals surface area contributed by atoms with Crippen LogP contribution in [0.1, 0.15) is 25.4 Å². The van der Waals surface area contributed by atoms with Crippen molar-refractivity contribution in [2.45, 2.75) is 33.0 Å². The van der Waals surface area contributed by atoms with Crippen molar-refractivity contribution in [1.29, 1.82) is 0 Å². The normalized spacial score (nSPS) is 15.0. The van der Waals surface area contributed by atoms with E-state index in [1.165, 1.54) is 0 Å². The highest BCUT2D eigenvalue weighted by atomic mass is 16.5. The molecule has 2 atom stereocenters. The third kappa shape index (κ3) is 3.96. The minimum absolute atomic E-state index is 0.196. The van der Waals surface area contributed by atoms with E-state index in [4.69, 9.17) is 14.3 Å². The second-order valence-electron chi connectivity index (χ2n) is 4.13. The number of hydrogen-bond donors (Lipinski definition) is 2. The fraction of sp³-hybridized carbons (Fsp3) is 0.667. The molecule has 0 aromatic carbocycles. The van der Waals surface area contributed by atoms with Gasteiger partial charge in [-0.25, -0.2) is 0 Å². The molecular weight excluding hydrogens is 206 g/mol. The van der Waals surface area contributed by atoms with Gasteiger partial charge in [0.1, 0.15) is 18.1 Å². The van der Waals surface area contributed by atoms with Gasteiger partial charge in [0, 0.05) is 19.8 Å². The standard InChI is InChI=1S/C12H21NO3/c1-9(7-14)10(2)13-6-11-4-5-12(16-11)8-15-3/h4-5,9-10,13-14H,6-8H2,1-3H3. The van der Waals surface area contributed by atoms with Gasteiger partial charge in [0.25, 0.3) is 0 Å². The Morgan fingerprint density at radius 1 is 1.38 bits per heavy atom. The molecule has 0 aliphatic carbocycles. The number of furan rings is 1. The summed E-state index contributed by atoms with van der Waals surface area (Å²) in [5.41, 5.74) is 0. The molecule has 4 heteroatoms. The summed E-state index contributed by atoms with van der Waals surface area (Å²) >= 11 is 0. The second kappa shape index (κ2) is 6.68. The Morgan fingerprint density at radius 3 is 2.69 bits per heavy atom. The molecule has 4 nitrogen and oxygen atoms in total. The summed E-state index contributed by atoms with van der Waals surface area (Å²) in [5.74, 6) is 1.97. The summed E-state index contributed by atoms with van der Waals surface area (Å²) in [6.45, 7) is 5.44. The summed E-state index contributed by atoms with van der Waals surface area (Å²) in [6, 6.07) is 4.12. The van der Waals surface area contributed by atoms with Gasteiger partial charge in [0.15, 0.2) is 0 Å². The largest absolute Gasteiger partial charge is 0.462 e. The Balaban J connectivity index is 2.36. The Bertz CT molecular complexity index is 298. The Labute approximate surface area is 96.6 Å². The molecule has 0 saturated carbocycles. The van der Waals surface area contributed by atoms with E-state index in [0.717, 1.165) is 11.5 Å². The van der Waals surface area contributed by atoms with E-state index in [1.54, 1.807) is 7.11 Å². The molecule has 1 heterocycles. The first-order chi connectivity index (χ1) is 7.67. The van der Waals surface area contributed by atoms with Crippen molar-refractivity contribution in [1.82, 2.24) is 5.32 Å². The maximum absolute atomic E-state index is 9.00. The number of aliphatic hydroxyl groups excluding tert-OH is 1. The molecule has 1 rings (SSSR count). The van der Waals surface area contributed by atoms with Crippen molar-refractivity contribution in [3.8, 4) is 0 Å². The highest BCUT2D eigenvalue weighted by molar-refractivity contribution is 5.06. The van der Waals surface area contributed by atoms with Gasteiger partial charge in [-0.2, -0.15) is 0 Å². The number of ether oxygens (including phenoxy) is 1. The smallest absolute Gasteiger partial charge is 0.129 e. The lowest BCUT2D eigenvalue weighted by atomic mass is 10.1. The molecular formula is C12H21NO3. The number of hydrogen-bond acceptors (Lipinski definition) is 4. The van der Waals surface area contributed by atoms with Gasteiger partial charge >= 0.3 is 0 Å². The van der Waals surface area contributed by atoms with Crippen molar-refractivity contribution in [2.75, 3.05) is 13.7 Å². The maximum atomic E-state index is 9.00. The summed E-state index contributed by atoms with van der Waals surface area (Å²) in [6.07, 6.45) is 0. The molecule has 0 spiro atoms. The SMILES string of the molecule is COCc1ccc(CNC(C)C(C)CO)o1. The first-order valence-electron chi connectivity index (χ1n) is 5.58. The zero-order chi connectivity index (χ0) is 12.0. The molecule has 0 amide bonds. The van der Waals surface area contributed by atoms with Crippen LogP contribution < -0.4 is 5.32 Å². The van der Waals surface area contributed by atoms with E-state index >= 15 is 0 Å². The van der Waals surface area contributed by atoms with Crippen molar-refractivity contribution in [3.05, 3.63) is 23.7 Å². The van der Waals surface area contributed by atoms with Crippen LogP contribution in [0.4, 0.5) is 0 Å². The average Bonchev–Trinajstić information content (AvgIpc) is 2.73. The van der Waals surface area contributed by atoms with Crippen molar-refractivity contribution >= 4 is 0 Å². The highest BCUT2D eigenvalue weighted by Gasteiger charge is 2.11. The van der Waals surface area contributed by atoms with Gasteiger partial charge in [-0.3, -0.25) is 0 Å². The van der Waals surface area contributed by atoms with Crippen LogP contribution in [0.25, 0.3) is 0 Å². The molecule has 2 N–H and O–H groups in total. The molecule has 92 valence electrons. The summed E-state index contributed by atoms with van der Waals surface area (Å²) < 4.78 is 10.5. The third-order valence-electron chi connectivity index (χ3n) is 2.74. The van der Waals surface area contributed by atoms with Gasteiger partial charge in [-0.1, -0.05) is 6.92 Å². The number of nitrogens with one attached hydrogen (secondary N) is 1. The predicted molar refractivity (Wildman–Crippen MR) is 62.0 cm³/mol. The van der Waals surface area contributed by atoms with Crippen molar-refractivity contribution in [3.63, 3.8) is 0 Å². The van der Waals surface area contributed by atoms with E-state index in [0.29, 0.717) is 13.2 Å². The minimum atomic E-state index is 0.196. The van der Waals surface area contributed by atoms with Gasteiger partial charge in [-0.05, 0) is 25.0 Å². The molecule has 0 aliphatic heterocycles. The van der Waals surface area contributed by atoms with E-state index in [1.807, 2.05) is 19.1 Å². The molecule has 0 radical (unpaired) electrons. The fourth-order valence-electron chi connectivity index (χ4n) is 1.36. The van der Waals surface area contributed by atoms with Crippen LogP contribution in [0.3, 0.4) is 0 Å². The monoisotopic (exact) mass is 227 g/mol. The molecule has 1 aromatic rings. The van der Waals surface area contributed by atoms with Crippen molar-refractivity contribution < 1.29 is 14.3 Å². The topological polar surface area (TPSA) is 54.6 Å². The van der Waals surface area contributed by atoms with E-state index < -0.39 is 0 Å². The highest BCUT2D eigenvalue weighted by Crippen LogP contribution is 2.09. The van der Waals surface area contributed by atoms with Gasteiger partial charge < -0.3 is 19.6 Å². The lowest BCUT2D eigenvalue weighted by molar-refractivity contribution is 0.162. The van der Waals surface area contributed by atoms with Crippen LogP contribution in [-0.4, -0.2) is 24.9 Å². The van der Waals surface area contributed by atoms with Crippen LogP contribution >= 0.6 is 0 Å². The molecule has 0 aliphatic rings. The van der Waals surface area contributed by atoms with Gasteiger partial charge in [-0.15, -0.1) is 0 Å². The number of aliphatic hydroxyl groups is 1. The molecule has 1 aromatic heterocycles. The van der Waals surface area contributed by atoms with E-state index in [9.17, 15) is 0 Å². The van der Waals surface area contributed by atoms with Crippen LogP contribution in [0, 0.1) is 5.92 Å². The average molecular weight is 227 g/mol. The lowest BCUT2D eigenvalue weighted by Crippen LogP contribution is -2.33. The minimum Gasteiger partial charge on any atom is -0.462 e. The molecule has 16 heavy (non-hydrogen) atoms. The predicted octanol–water partition coefficient (Wildman–Crippen LogP) is 1.53. The summed E-state index contributed by atoms with van der Waals surface area (Å²) in [7, 11) is 1.64. The Morgan fingerprint density at radius 2 is 2.06 bits per heavy atom. The lowest BCUT2D eigenvalue weighted by Gasteiger charge is -2.18. The molecule has 0 bridgehead atoms. The Kier molecular flexibility index (Phi) is 5.52. The van der Waals surface area contributed by atoms with Gasteiger partial charge in [0.2, 0.25) is 0 Å². The molecule has 0 saturated heterocycles. The van der Waals surface area contributed by atoms with Crippen LogP contribution in [0.15, 0.2) is 16.5 Å². The molecule has 2 unspecified atom stereocenters. The maximum Gasteiger partial charge on any atom is 0.129 e. The van der Waals surface area contributed by atoms with Crippen LogP contribution in [-0.2, 0) is 17.9 Å². The molecule has 0 fully saturated rings. The second-order valence-corrected chi connectivity index (χ2v) is 4.13. The zero-order valence-electron chi connectivity index (χ0n) is 10.2. The number of methoxy groups -OCH3 is 1. The van der Waals surface area contributed by atoms with E-state index in [-0.39, 0.29) is 18.6 Å².